The number of halogens is 2. The number of ether oxygens (including phenoxy) is 1. The lowest BCUT2D eigenvalue weighted by molar-refractivity contribution is -0.123. The van der Waals surface area contributed by atoms with Crippen LogP contribution in [0.2, 0.25) is 0 Å². The summed E-state index contributed by atoms with van der Waals surface area (Å²) in [5, 5.41) is 0. The van der Waals surface area contributed by atoms with Crippen molar-refractivity contribution in [2.45, 2.75) is 19.3 Å². The van der Waals surface area contributed by atoms with E-state index in [0.29, 0.717) is 31.1 Å². The molecule has 1 aliphatic heterocycles. The summed E-state index contributed by atoms with van der Waals surface area (Å²) in [7, 11) is 0. The molecule has 116 valence electrons. The molecular formula is C15H20ClFN2O2. The SMILES string of the molecule is Cl.NC[C@H]1CCC[C@H]1C(=O)N1CCOc2cc(F)ccc21. The van der Waals surface area contributed by atoms with Gasteiger partial charge < -0.3 is 15.4 Å². The van der Waals surface area contributed by atoms with Gasteiger partial charge in [0.25, 0.3) is 0 Å². The Bertz CT molecular complexity index is 526. The molecule has 0 bridgehead atoms. The van der Waals surface area contributed by atoms with Crippen molar-refractivity contribution in [3.8, 4) is 5.75 Å². The summed E-state index contributed by atoms with van der Waals surface area (Å²) >= 11 is 0. The van der Waals surface area contributed by atoms with Crippen LogP contribution in [-0.2, 0) is 4.79 Å². The molecule has 21 heavy (non-hydrogen) atoms. The average molecular weight is 315 g/mol. The number of nitrogens with zero attached hydrogens (tertiary/aromatic N) is 1. The zero-order valence-electron chi connectivity index (χ0n) is 11.8. The molecule has 0 aromatic heterocycles. The van der Waals surface area contributed by atoms with Crippen molar-refractivity contribution in [3.63, 3.8) is 0 Å². The standard InChI is InChI=1S/C15H19FN2O2.ClH/c16-11-4-5-13-14(8-11)20-7-6-18(13)15(19)12-3-1-2-10(12)9-17;/h4-5,8,10,12H,1-3,6-7,9,17H2;1H/t10-,12-;/m1./s1. The van der Waals surface area contributed by atoms with Crippen LogP contribution in [-0.4, -0.2) is 25.6 Å². The Balaban J connectivity index is 0.00000161. The van der Waals surface area contributed by atoms with Crippen LogP contribution in [0.25, 0.3) is 0 Å². The maximum Gasteiger partial charge on any atom is 0.230 e. The lowest BCUT2D eigenvalue weighted by atomic mass is 9.94. The third-order valence-electron chi connectivity index (χ3n) is 4.33. The van der Waals surface area contributed by atoms with E-state index in [2.05, 4.69) is 0 Å². The van der Waals surface area contributed by atoms with Crippen molar-refractivity contribution in [2.75, 3.05) is 24.6 Å². The van der Waals surface area contributed by atoms with Crippen LogP contribution in [0, 0.1) is 17.7 Å². The summed E-state index contributed by atoms with van der Waals surface area (Å²) in [6, 6.07) is 4.32. The summed E-state index contributed by atoms with van der Waals surface area (Å²) in [5.74, 6) is 0.477. The van der Waals surface area contributed by atoms with Gasteiger partial charge in [-0.3, -0.25) is 4.79 Å². The van der Waals surface area contributed by atoms with Gasteiger partial charge in [-0.15, -0.1) is 12.4 Å². The van der Waals surface area contributed by atoms with Crippen molar-refractivity contribution < 1.29 is 13.9 Å². The van der Waals surface area contributed by atoms with Crippen LogP contribution in [0.1, 0.15) is 19.3 Å². The van der Waals surface area contributed by atoms with Gasteiger partial charge in [-0.05, 0) is 37.4 Å². The van der Waals surface area contributed by atoms with Crippen LogP contribution in [0.15, 0.2) is 18.2 Å². The van der Waals surface area contributed by atoms with E-state index in [1.54, 1.807) is 11.0 Å². The fraction of sp³-hybridized carbons (Fsp3) is 0.533. The zero-order chi connectivity index (χ0) is 14.1. The zero-order valence-corrected chi connectivity index (χ0v) is 12.6. The fourth-order valence-corrected chi connectivity index (χ4v) is 3.27. The van der Waals surface area contributed by atoms with E-state index in [9.17, 15) is 9.18 Å². The number of carbonyl (C=O) groups is 1. The molecule has 0 spiro atoms. The minimum atomic E-state index is -0.348. The number of carbonyl (C=O) groups excluding carboxylic acids is 1. The van der Waals surface area contributed by atoms with E-state index in [-0.39, 0.29) is 36.0 Å². The first-order valence-electron chi connectivity index (χ1n) is 7.14. The van der Waals surface area contributed by atoms with Gasteiger partial charge in [0.05, 0.1) is 12.2 Å². The van der Waals surface area contributed by atoms with Gasteiger partial charge in [0.1, 0.15) is 18.2 Å². The Morgan fingerprint density at radius 2 is 2.24 bits per heavy atom. The number of fused-ring (bicyclic) bond motifs is 1. The van der Waals surface area contributed by atoms with E-state index < -0.39 is 0 Å². The molecule has 2 aliphatic rings. The van der Waals surface area contributed by atoms with Gasteiger partial charge in [-0.25, -0.2) is 4.39 Å². The molecule has 0 saturated heterocycles. The molecule has 1 aromatic carbocycles. The summed E-state index contributed by atoms with van der Waals surface area (Å²) < 4.78 is 18.7. The predicted molar refractivity (Wildman–Crippen MR) is 81.4 cm³/mol. The van der Waals surface area contributed by atoms with Crippen LogP contribution in [0.3, 0.4) is 0 Å². The summed E-state index contributed by atoms with van der Waals surface area (Å²) in [4.78, 5) is 14.5. The lowest BCUT2D eigenvalue weighted by Gasteiger charge is -2.32. The molecule has 3 rings (SSSR count). The predicted octanol–water partition coefficient (Wildman–Crippen LogP) is 2.35. The topological polar surface area (TPSA) is 55.6 Å². The van der Waals surface area contributed by atoms with Crippen molar-refractivity contribution in [2.24, 2.45) is 17.6 Å². The maximum atomic E-state index is 13.2. The monoisotopic (exact) mass is 314 g/mol. The van der Waals surface area contributed by atoms with Gasteiger partial charge in [-0.1, -0.05) is 6.42 Å². The molecule has 0 radical (unpaired) electrons. The molecular weight excluding hydrogens is 295 g/mol. The number of nitrogens with two attached hydrogens (primary N) is 1. The van der Waals surface area contributed by atoms with Gasteiger partial charge in [0, 0.05) is 12.0 Å². The Hall–Kier alpha value is -1.33. The third-order valence-corrected chi connectivity index (χ3v) is 4.33. The Morgan fingerprint density at radius 3 is 3.00 bits per heavy atom. The quantitative estimate of drug-likeness (QED) is 0.911. The molecule has 0 unspecified atom stereocenters. The number of rotatable bonds is 2. The van der Waals surface area contributed by atoms with Crippen LogP contribution in [0.4, 0.5) is 10.1 Å². The van der Waals surface area contributed by atoms with Gasteiger partial charge in [0.15, 0.2) is 0 Å². The van der Waals surface area contributed by atoms with E-state index >= 15 is 0 Å². The largest absolute Gasteiger partial charge is 0.489 e. The van der Waals surface area contributed by atoms with Crippen LogP contribution in [0.5, 0.6) is 5.75 Å². The Morgan fingerprint density at radius 1 is 1.43 bits per heavy atom. The van der Waals surface area contributed by atoms with E-state index in [1.165, 1.54) is 12.1 Å². The van der Waals surface area contributed by atoms with Crippen molar-refractivity contribution in [1.82, 2.24) is 0 Å². The van der Waals surface area contributed by atoms with Crippen LogP contribution < -0.4 is 15.4 Å². The van der Waals surface area contributed by atoms with E-state index in [0.717, 1.165) is 19.3 Å². The smallest absolute Gasteiger partial charge is 0.230 e. The Labute approximate surface area is 129 Å². The van der Waals surface area contributed by atoms with E-state index in [1.807, 2.05) is 0 Å². The maximum absolute atomic E-state index is 13.2. The molecule has 1 amide bonds. The van der Waals surface area contributed by atoms with Crippen LogP contribution >= 0.6 is 12.4 Å². The van der Waals surface area contributed by atoms with Crippen molar-refractivity contribution in [3.05, 3.63) is 24.0 Å². The van der Waals surface area contributed by atoms with Crippen molar-refractivity contribution >= 4 is 24.0 Å². The second kappa shape index (κ2) is 6.62. The molecule has 1 aliphatic carbocycles. The van der Waals surface area contributed by atoms with Gasteiger partial charge >= 0.3 is 0 Å². The molecule has 2 N–H and O–H groups in total. The molecule has 1 saturated carbocycles. The van der Waals surface area contributed by atoms with Crippen molar-refractivity contribution in [1.29, 1.82) is 0 Å². The molecule has 2 atom stereocenters. The van der Waals surface area contributed by atoms with Gasteiger partial charge in [0.2, 0.25) is 5.91 Å². The number of hydrogen-bond donors (Lipinski definition) is 1. The highest BCUT2D eigenvalue weighted by molar-refractivity contribution is 5.97. The third kappa shape index (κ3) is 2.99. The molecule has 1 aromatic rings. The molecule has 6 heteroatoms. The molecule has 1 heterocycles. The molecule has 1 fully saturated rings. The number of benzene rings is 1. The number of hydrogen-bond acceptors (Lipinski definition) is 3. The lowest BCUT2D eigenvalue weighted by Crippen LogP contribution is -2.43. The first-order valence-corrected chi connectivity index (χ1v) is 7.14. The normalized spacial score (nSPS) is 24.0. The summed E-state index contributed by atoms with van der Waals surface area (Å²) in [6.07, 6.45) is 2.97. The molecule has 4 nitrogen and oxygen atoms in total. The highest BCUT2D eigenvalue weighted by Crippen LogP contribution is 2.37. The fourth-order valence-electron chi connectivity index (χ4n) is 3.27. The number of anilines is 1. The first-order chi connectivity index (χ1) is 9.70. The average Bonchev–Trinajstić information content (AvgIpc) is 2.94. The first kappa shape index (κ1) is 16.0. The summed E-state index contributed by atoms with van der Waals surface area (Å²) in [6.45, 7) is 1.48. The minimum absolute atomic E-state index is 0. The second-order valence-electron chi connectivity index (χ2n) is 5.48. The minimum Gasteiger partial charge on any atom is -0.489 e. The number of amides is 1. The Kier molecular flexibility index (Phi) is 5.06. The van der Waals surface area contributed by atoms with E-state index in [4.69, 9.17) is 10.5 Å². The second-order valence-corrected chi connectivity index (χ2v) is 5.48. The highest BCUT2D eigenvalue weighted by Gasteiger charge is 2.36. The highest BCUT2D eigenvalue weighted by atomic mass is 35.5. The van der Waals surface area contributed by atoms with Gasteiger partial charge in [-0.2, -0.15) is 0 Å². The summed E-state index contributed by atoms with van der Waals surface area (Å²) in [5.41, 5.74) is 6.43.